The van der Waals surface area contributed by atoms with Crippen LogP contribution in [0.2, 0.25) is 0 Å². The van der Waals surface area contributed by atoms with E-state index >= 15 is 0 Å². The topological polar surface area (TPSA) is 46.9 Å². The molecule has 0 bridgehead atoms. The SMILES string of the molecule is C=C(/C=C\C)[C@@H](NC(=O)Cc1ccnn1C)C1CCCC1. The molecular weight excluding hydrogens is 262 g/mol. The molecule has 1 aromatic rings. The number of aromatic nitrogens is 2. The van der Waals surface area contributed by atoms with Crippen molar-refractivity contribution in [1.82, 2.24) is 15.1 Å². The van der Waals surface area contributed by atoms with E-state index in [1.54, 1.807) is 10.9 Å². The second-order valence-electron chi connectivity index (χ2n) is 5.79. The summed E-state index contributed by atoms with van der Waals surface area (Å²) in [6.45, 7) is 6.12. The van der Waals surface area contributed by atoms with Crippen molar-refractivity contribution in [2.45, 2.75) is 45.1 Å². The summed E-state index contributed by atoms with van der Waals surface area (Å²) < 4.78 is 1.74. The second kappa shape index (κ2) is 7.25. The van der Waals surface area contributed by atoms with Crippen LogP contribution in [0.25, 0.3) is 0 Å². The number of nitrogens with one attached hydrogen (secondary N) is 1. The van der Waals surface area contributed by atoms with E-state index < -0.39 is 0 Å². The predicted molar refractivity (Wildman–Crippen MR) is 84.8 cm³/mol. The van der Waals surface area contributed by atoms with Crippen LogP contribution in [-0.2, 0) is 18.3 Å². The molecule has 1 saturated carbocycles. The maximum atomic E-state index is 12.3. The molecule has 1 heterocycles. The lowest BCUT2D eigenvalue weighted by molar-refractivity contribution is -0.121. The summed E-state index contributed by atoms with van der Waals surface area (Å²) in [4.78, 5) is 12.3. The summed E-state index contributed by atoms with van der Waals surface area (Å²) >= 11 is 0. The molecular formula is C17H25N3O. The number of aryl methyl sites for hydroxylation is 1. The van der Waals surface area contributed by atoms with E-state index in [0.717, 1.165) is 11.3 Å². The molecule has 1 fully saturated rings. The van der Waals surface area contributed by atoms with Gasteiger partial charge in [-0.1, -0.05) is 31.6 Å². The highest BCUT2D eigenvalue weighted by molar-refractivity contribution is 5.79. The van der Waals surface area contributed by atoms with Gasteiger partial charge in [-0.15, -0.1) is 0 Å². The normalized spacial score (nSPS) is 17.2. The van der Waals surface area contributed by atoms with Gasteiger partial charge in [0.05, 0.1) is 12.5 Å². The first-order valence-corrected chi connectivity index (χ1v) is 7.69. The summed E-state index contributed by atoms with van der Waals surface area (Å²) in [6.07, 6.45) is 10.9. The van der Waals surface area contributed by atoms with Crippen molar-refractivity contribution in [2.24, 2.45) is 13.0 Å². The van der Waals surface area contributed by atoms with Crippen LogP contribution in [0.3, 0.4) is 0 Å². The largest absolute Gasteiger partial charge is 0.349 e. The Morgan fingerprint density at radius 2 is 2.29 bits per heavy atom. The molecule has 1 aliphatic rings. The van der Waals surface area contributed by atoms with Crippen LogP contribution in [0, 0.1) is 5.92 Å². The lowest BCUT2D eigenvalue weighted by atomic mass is 9.91. The number of carbonyl (C=O) groups excluding carboxylic acids is 1. The highest BCUT2D eigenvalue weighted by Crippen LogP contribution is 2.30. The molecule has 0 saturated heterocycles. The Kier molecular flexibility index (Phi) is 5.37. The van der Waals surface area contributed by atoms with Crippen molar-refractivity contribution in [2.75, 3.05) is 0 Å². The van der Waals surface area contributed by atoms with E-state index in [1.165, 1.54) is 25.7 Å². The molecule has 1 amide bonds. The number of hydrogen-bond acceptors (Lipinski definition) is 2. The van der Waals surface area contributed by atoms with Gasteiger partial charge in [-0.25, -0.2) is 0 Å². The van der Waals surface area contributed by atoms with E-state index in [0.29, 0.717) is 12.3 Å². The van der Waals surface area contributed by atoms with Crippen molar-refractivity contribution in [3.8, 4) is 0 Å². The predicted octanol–water partition coefficient (Wildman–Crippen LogP) is 2.77. The first kappa shape index (κ1) is 15.5. The van der Waals surface area contributed by atoms with E-state index in [-0.39, 0.29) is 11.9 Å². The van der Waals surface area contributed by atoms with Gasteiger partial charge in [0.15, 0.2) is 0 Å². The third-order valence-corrected chi connectivity index (χ3v) is 4.23. The van der Waals surface area contributed by atoms with Crippen molar-refractivity contribution >= 4 is 5.91 Å². The number of rotatable bonds is 6. The first-order chi connectivity index (χ1) is 10.1. The Morgan fingerprint density at radius 3 is 2.86 bits per heavy atom. The summed E-state index contributed by atoms with van der Waals surface area (Å²) in [5.41, 5.74) is 1.93. The fraction of sp³-hybridized carbons (Fsp3) is 0.529. The highest BCUT2D eigenvalue weighted by Gasteiger charge is 2.27. The Hall–Kier alpha value is -1.84. The highest BCUT2D eigenvalue weighted by atomic mass is 16.1. The third kappa shape index (κ3) is 4.06. The molecule has 0 radical (unpaired) electrons. The van der Waals surface area contributed by atoms with Crippen LogP contribution < -0.4 is 5.32 Å². The van der Waals surface area contributed by atoms with E-state index in [2.05, 4.69) is 17.0 Å². The molecule has 21 heavy (non-hydrogen) atoms. The van der Waals surface area contributed by atoms with Crippen LogP contribution in [-0.4, -0.2) is 21.7 Å². The summed E-state index contributed by atoms with van der Waals surface area (Å²) in [5, 5.41) is 7.28. The minimum atomic E-state index is 0.0427. The fourth-order valence-electron chi connectivity index (χ4n) is 3.09. The Morgan fingerprint density at radius 1 is 1.57 bits per heavy atom. The van der Waals surface area contributed by atoms with Gasteiger partial charge in [0.1, 0.15) is 0 Å². The zero-order valence-corrected chi connectivity index (χ0v) is 13.0. The van der Waals surface area contributed by atoms with Gasteiger partial charge >= 0.3 is 0 Å². The van der Waals surface area contributed by atoms with Gasteiger partial charge in [0.2, 0.25) is 5.91 Å². The smallest absolute Gasteiger partial charge is 0.226 e. The molecule has 4 heteroatoms. The number of allylic oxidation sites excluding steroid dienone is 1. The van der Waals surface area contributed by atoms with Crippen molar-refractivity contribution < 1.29 is 4.79 Å². The Balaban J connectivity index is 2.02. The average molecular weight is 287 g/mol. The maximum Gasteiger partial charge on any atom is 0.226 e. The number of carbonyl (C=O) groups is 1. The third-order valence-electron chi connectivity index (χ3n) is 4.23. The summed E-state index contributed by atoms with van der Waals surface area (Å²) in [7, 11) is 1.86. The van der Waals surface area contributed by atoms with Crippen LogP contribution >= 0.6 is 0 Å². The van der Waals surface area contributed by atoms with Gasteiger partial charge < -0.3 is 5.32 Å². The fourth-order valence-corrected chi connectivity index (χ4v) is 3.09. The zero-order valence-electron chi connectivity index (χ0n) is 13.0. The van der Waals surface area contributed by atoms with Crippen LogP contribution in [0.4, 0.5) is 0 Å². The van der Waals surface area contributed by atoms with Crippen molar-refractivity contribution in [3.63, 3.8) is 0 Å². The minimum Gasteiger partial charge on any atom is -0.349 e. The molecule has 0 aromatic carbocycles. The molecule has 1 atom stereocenters. The maximum absolute atomic E-state index is 12.3. The standard InChI is InChI=1S/C17H25N3O/c1-4-7-13(2)17(14-8-5-6-9-14)19-16(21)12-15-10-11-18-20(15)3/h4,7,10-11,14,17H,2,5-6,8-9,12H2,1,3H3,(H,19,21)/b7-4-/t17-/m1/s1. The average Bonchev–Trinajstić information content (AvgIpc) is 3.09. The van der Waals surface area contributed by atoms with Crippen molar-refractivity contribution in [1.29, 1.82) is 0 Å². The molecule has 0 unspecified atom stereocenters. The number of hydrogen-bond donors (Lipinski definition) is 1. The molecule has 1 aliphatic carbocycles. The lowest BCUT2D eigenvalue weighted by Gasteiger charge is -2.25. The summed E-state index contributed by atoms with van der Waals surface area (Å²) in [5.74, 6) is 0.561. The van der Waals surface area contributed by atoms with Gasteiger partial charge in [-0.3, -0.25) is 9.48 Å². The van der Waals surface area contributed by atoms with Crippen LogP contribution in [0.1, 0.15) is 38.3 Å². The monoisotopic (exact) mass is 287 g/mol. The van der Waals surface area contributed by atoms with E-state index in [4.69, 9.17) is 0 Å². The van der Waals surface area contributed by atoms with Crippen molar-refractivity contribution in [3.05, 3.63) is 42.3 Å². The van der Waals surface area contributed by atoms with E-state index in [9.17, 15) is 4.79 Å². The van der Waals surface area contributed by atoms with Gasteiger partial charge in [-0.05, 0) is 37.3 Å². The molecule has 114 valence electrons. The van der Waals surface area contributed by atoms with Crippen LogP contribution in [0.15, 0.2) is 36.6 Å². The Labute approximate surface area is 126 Å². The quantitative estimate of drug-likeness (QED) is 0.818. The van der Waals surface area contributed by atoms with E-state index in [1.807, 2.05) is 32.2 Å². The number of nitrogens with zero attached hydrogens (tertiary/aromatic N) is 2. The second-order valence-corrected chi connectivity index (χ2v) is 5.79. The molecule has 4 nitrogen and oxygen atoms in total. The Bertz CT molecular complexity index is 524. The zero-order chi connectivity index (χ0) is 15.2. The van der Waals surface area contributed by atoms with Gasteiger partial charge in [0, 0.05) is 18.9 Å². The molecule has 1 aromatic heterocycles. The summed E-state index contributed by atoms with van der Waals surface area (Å²) in [6, 6.07) is 1.94. The van der Waals surface area contributed by atoms with Gasteiger partial charge in [0.25, 0.3) is 0 Å². The molecule has 2 rings (SSSR count). The molecule has 1 N–H and O–H groups in total. The first-order valence-electron chi connectivity index (χ1n) is 7.69. The molecule has 0 spiro atoms. The van der Waals surface area contributed by atoms with Crippen LogP contribution in [0.5, 0.6) is 0 Å². The number of amides is 1. The minimum absolute atomic E-state index is 0.0427. The van der Waals surface area contributed by atoms with Gasteiger partial charge in [-0.2, -0.15) is 5.10 Å². The molecule has 0 aliphatic heterocycles. The lowest BCUT2D eigenvalue weighted by Crippen LogP contribution is -2.41.